The molecule has 0 aromatic carbocycles. The summed E-state index contributed by atoms with van der Waals surface area (Å²) in [4.78, 5) is 29.0. The quantitative estimate of drug-likeness (QED) is 0.519. The number of amides is 1. The molecule has 0 saturated carbocycles. The highest BCUT2D eigenvalue weighted by atomic mass is 32.1. The minimum Gasteiger partial charge on any atom is -0.377 e. The number of aryl methyl sites for hydroxylation is 1. The molecule has 1 aliphatic heterocycles. The van der Waals surface area contributed by atoms with Crippen LogP contribution in [0, 0.1) is 0 Å². The molecule has 8 nitrogen and oxygen atoms in total. The van der Waals surface area contributed by atoms with E-state index in [-0.39, 0.29) is 11.9 Å². The van der Waals surface area contributed by atoms with Crippen LogP contribution in [0.4, 0.5) is 0 Å². The molecule has 28 heavy (non-hydrogen) atoms. The molecule has 0 spiro atoms. The topological polar surface area (TPSA) is 86.0 Å². The van der Waals surface area contributed by atoms with Crippen LogP contribution in [0.15, 0.2) is 30.6 Å². The van der Waals surface area contributed by atoms with Crippen molar-refractivity contribution in [1.82, 2.24) is 29.6 Å². The predicted molar refractivity (Wildman–Crippen MR) is 106 cm³/mol. The van der Waals surface area contributed by atoms with Gasteiger partial charge >= 0.3 is 0 Å². The summed E-state index contributed by atoms with van der Waals surface area (Å²) < 4.78 is 7.16. The molecule has 9 heteroatoms. The van der Waals surface area contributed by atoms with Crippen molar-refractivity contribution in [2.75, 3.05) is 19.8 Å². The molecule has 0 unspecified atom stereocenters. The Morgan fingerprint density at radius 2 is 2.21 bits per heavy atom. The van der Waals surface area contributed by atoms with E-state index in [1.165, 1.54) is 11.3 Å². The van der Waals surface area contributed by atoms with Crippen LogP contribution >= 0.6 is 11.3 Å². The van der Waals surface area contributed by atoms with Crippen molar-refractivity contribution in [1.29, 1.82) is 0 Å². The number of morpholine rings is 1. The van der Waals surface area contributed by atoms with Gasteiger partial charge < -0.3 is 9.64 Å². The molecular formula is C19H18N6O2S. The van der Waals surface area contributed by atoms with Crippen molar-refractivity contribution in [3.63, 3.8) is 0 Å². The van der Waals surface area contributed by atoms with Crippen molar-refractivity contribution < 1.29 is 9.53 Å². The fourth-order valence-corrected chi connectivity index (χ4v) is 4.29. The van der Waals surface area contributed by atoms with Gasteiger partial charge in [-0.15, -0.1) is 0 Å². The van der Waals surface area contributed by atoms with Gasteiger partial charge in [0.2, 0.25) is 0 Å². The average molecular weight is 394 g/mol. The van der Waals surface area contributed by atoms with E-state index in [9.17, 15) is 4.79 Å². The first-order valence-corrected chi connectivity index (χ1v) is 9.86. The van der Waals surface area contributed by atoms with E-state index in [1.54, 1.807) is 10.9 Å². The Hall–Kier alpha value is -2.91. The predicted octanol–water partition coefficient (Wildman–Crippen LogP) is 2.50. The number of fused-ring (bicyclic) bond motifs is 2. The summed E-state index contributed by atoms with van der Waals surface area (Å²) in [5, 5.41) is 5.73. The van der Waals surface area contributed by atoms with E-state index >= 15 is 0 Å². The fraction of sp³-hybridized carbons (Fsp3) is 0.316. The van der Waals surface area contributed by atoms with Crippen LogP contribution in [0.25, 0.3) is 32.6 Å². The Balaban J connectivity index is 1.49. The van der Waals surface area contributed by atoms with E-state index in [4.69, 9.17) is 9.72 Å². The van der Waals surface area contributed by atoms with Crippen molar-refractivity contribution in [3.8, 4) is 11.3 Å². The standard InChI is InChI=1S/C19H18N6O2S/c1-11-10-27-6-5-25(11)19(26)18-22-15-4-3-14(21-17(15)28-18)12-7-13-9-24(2)23-16(13)20-8-12/h3-4,7-9,11H,5-6,10H2,1-2H3/t11-/m1/s1. The van der Waals surface area contributed by atoms with E-state index in [0.29, 0.717) is 30.4 Å². The SMILES string of the molecule is C[C@@H]1COCCN1C(=O)c1nc2ccc(-c3cnc4nn(C)cc4c3)nc2s1. The van der Waals surface area contributed by atoms with E-state index < -0.39 is 0 Å². The van der Waals surface area contributed by atoms with Crippen LogP contribution in [0.5, 0.6) is 0 Å². The van der Waals surface area contributed by atoms with Gasteiger partial charge in [0.1, 0.15) is 10.3 Å². The fourth-order valence-electron chi connectivity index (χ4n) is 3.39. The second-order valence-electron chi connectivity index (χ2n) is 6.90. The minimum atomic E-state index is -0.0567. The molecule has 142 valence electrons. The molecular weight excluding hydrogens is 376 g/mol. The molecule has 5 rings (SSSR count). The molecule has 5 heterocycles. The van der Waals surface area contributed by atoms with E-state index in [0.717, 1.165) is 27.0 Å². The summed E-state index contributed by atoms with van der Waals surface area (Å²) in [5.74, 6) is -0.0567. The molecule has 1 amide bonds. The number of ether oxygens (including phenoxy) is 1. The van der Waals surface area contributed by atoms with Gasteiger partial charge in [0.05, 0.1) is 24.9 Å². The van der Waals surface area contributed by atoms with Crippen molar-refractivity contribution in [2.45, 2.75) is 13.0 Å². The lowest BCUT2D eigenvalue weighted by Crippen LogP contribution is -2.47. The zero-order valence-corrected chi connectivity index (χ0v) is 16.3. The number of hydrogen-bond acceptors (Lipinski definition) is 7. The molecule has 1 aliphatic rings. The zero-order chi connectivity index (χ0) is 19.3. The first-order chi connectivity index (χ1) is 13.6. The minimum absolute atomic E-state index is 0.0501. The molecule has 4 aromatic heterocycles. The van der Waals surface area contributed by atoms with Gasteiger partial charge in [0.15, 0.2) is 10.7 Å². The maximum Gasteiger partial charge on any atom is 0.283 e. The molecule has 0 bridgehead atoms. The van der Waals surface area contributed by atoms with Crippen LogP contribution in [-0.2, 0) is 11.8 Å². The second kappa shape index (κ2) is 6.61. The Kier molecular flexibility index (Phi) is 4.06. The van der Waals surface area contributed by atoms with Gasteiger partial charge in [-0.1, -0.05) is 11.3 Å². The van der Waals surface area contributed by atoms with E-state index in [2.05, 4.69) is 15.1 Å². The third-order valence-electron chi connectivity index (χ3n) is 4.84. The summed E-state index contributed by atoms with van der Waals surface area (Å²) >= 11 is 1.33. The van der Waals surface area contributed by atoms with E-state index in [1.807, 2.05) is 43.3 Å². The largest absolute Gasteiger partial charge is 0.377 e. The molecule has 1 saturated heterocycles. The van der Waals surface area contributed by atoms with Crippen molar-refractivity contribution in [2.24, 2.45) is 7.05 Å². The first-order valence-electron chi connectivity index (χ1n) is 9.04. The van der Waals surface area contributed by atoms with Crippen LogP contribution in [0.1, 0.15) is 16.7 Å². The number of aromatic nitrogens is 5. The van der Waals surface area contributed by atoms with Crippen LogP contribution < -0.4 is 0 Å². The molecule has 4 aromatic rings. The Morgan fingerprint density at radius 3 is 3.07 bits per heavy atom. The number of hydrogen-bond donors (Lipinski definition) is 0. The monoisotopic (exact) mass is 394 g/mol. The number of nitrogens with zero attached hydrogens (tertiary/aromatic N) is 6. The highest BCUT2D eigenvalue weighted by molar-refractivity contribution is 7.19. The first kappa shape index (κ1) is 17.2. The van der Waals surface area contributed by atoms with Gasteiger partial charge in [-0.2, -0.15) is 5.10 Å². The molecule has 1 fully saturated rings. The Morgan fingerprint density at radius 1 is 1.32 bits per heavy atom. The number of carbonyl (C=O) groups is 1. The van der Waals surface area contributed by atoms with Crippen LogP contribution in [-0.4, -0.2) is 61.3 Å². The van der Waals surface area contributed by atoms with Gasteiger partial charge in [0, 0.05) is 36.9 Å². The Bertz CT molecular complexity index is 1200. The Labute approximate surface area is 164 Å². The molecule has 1 atom stereocenters. The van der Waals surface area contributed by atoms with Gasteiger partial charge in [-0.25, -0.2) is 15.0 Å². The molecule has 0 radical (unpaired) electrons. The normalized spacial score (nSPS) is 17.5. The summed E-state index contributed by atoms with van der Waals surface area (Å²) in [5.41, 5.74) is 3.14. The van der Waals surface area contributed by atoms with Crippen LogP contribution in [0.2, 0.25) is 0 Å². The third-order valence-corrected chi connectivity index (χ3v) is 5.79. The second-order valence-corrected chi connectivity index (χ2v) is 7.88. The van der Waals surface area contributed by atoms with Crippen molar-refractivity contribution >= 4 is 38.6 Å². The summed E-state index contributed by atoms with van der Waals surface area (Å²) in [6, 6.07) is 5.88. The number of rotatable bonds is 2. The lowest BCUT2D eigenvalue weighted by atomic mass is 10.1. The number of carbonyl (C=O) groups excluding carboxylic acids is 1. The molecule has 0 aliphatic carbocycles. The highest BCUT2D eigenvalue weighted by Gasteiger charge is 2.27. The summed E-state index contributed by atoms with van der Waals surface area (Å²) in [7, 11) is 1.87. The van der Waals surface area contributed by atoms with Crippen LogP contribution in [0.3, 0.4) is 0 Å². The molecule has 0 N–H and O–H groups in total. The van der Waals surface area contributed by atoms with Gasteiger partial charge in [0.25, 0.3) is 5.91 Å². The maximum absolute atomic E-state index is 12.9. The third kappa shape index (κ3) is 2.92. The highest BCUT2D eigenvalue weighted by Crippen LogP contribution is 2.27. The summed E-state index contributed by atoms with van der Waals surface area (Å²) in [6.45, 7) is 3.70. The lowest BCUT2D eigenvalue weighted by molar-refractivity contribution is 0.00359. The summed E-state index contributed by atoms with van der Waals surface area (Å²) in [6.07, 6.45) is 3.70. The zero-order valence-electron chi connectivity index (χ0n) is 15.5. The lowest BCUT2D eigenvalue weighted by Gasteiger charge is -2.32. The average Bonchev–Trinajstić information content (AvgIpc) is 3.28. The number of pyridine rings is 2. The maximum atomic E-state index is 12.9. The smallest absolute Gasteiger partial charge is 0.283 e. The van der Waals surface area contributed by atoms with Crippen molar-refractivity contribution in [3.05, 3.63) is 35.6 Å². The van der Waals surface area contributed by atoms with Gasteiger partial charge in [-0.3, -0.25) is 9.48 Å². The number of thiazole rings is 1. The van der Waals surface area contributed by atoms with Gasteiger partial charge in [-0.05, 0) is 25.1 Å².